The van der Waals surface area contributed by atoms with E-state index >= 15 is 0 Å². The van der Waals surface area contributed by atoms with Crippen molar-refractivity contribution in [1.82, 2.24) is 9.97 Å². The maximum Gasteiger partial charge on any atom is 0.416 e. The molecule has 0 saturated heterocycles. The third-order valence-corrected chi connectivity index (χ3v) is 3.49. The molecule has 0 fully saturated rings. The van der Waals surface area contributed by atoms with Crippen LogP contribution in [0.5, 0.6) is 0 Å². The molecule has 3 aromatic rings. The van der Waals surface area contributed by atoms with Crippen LogP contribution >= 0.6 is 0 Å². The van der Waals surface area contributed by atoms with Crippen molar-refractivity contribution in [3.63, 3.8) is 0 Å². The number of nitrogens with zero attached hydrogens (tertiary/aromatic N) is 2. The van der Waals surface area contributed by atoms with Gasteiger partial charge in [0, 0.05) is 29.4 Å². The summed E-state index contributed by atoms with van der Waals surface area (Å²) in [6, 6.07) is 11.7. The first kappa shape index (κ1) is 14.5. The first-order valence-electron chi connectivity index (χ1n) is 6.81. The Kier molecular flexibility index (Phi) is 3.56. The quantitative estimate of drug-likeness (QED) is 0.694. The van der Waals surface area contributed by atoms with Gasteiger partial charge in [0.05, 0.1) is 11.1 Å². The summed E-state index contributed by atoms with van der Waals surface area (Å²) in [6.07, 6.45) is -2.90. The first-order chi connectivity index (χ1) is 10.4. The number of aryl methyl sites for hydroxylation is 1. The van der Waals surface area contributed by atoms with Crippen molar-refractivity contribution < 1.29 is 13.2 Å². The van der Waals surface area contributed by atoms with E-state index in [1.54, 1.807) is 0 Å². The highest BCUT2D eigenvalue weighted by Gasteiger charge is 2.30. The topological polar surface area (TPSA) is 25.8 Å². The average molecular weight is 302 g/mol. The maximum atomic E-state index is 12.7. The fraction of sp³-hybridized carbons (Fsp3) is 0.176. The summed E-state index contributed by atoms with van der Waals surface area (Å²) in [4.78, 5) is 8.55. The second kappa shape index (κ2) is 5.40. The van der Waals surface area contributed by atoms with Crippen LogP contribution in [0.4, 0.5) is 13.2 Å². The molecule has 0 amide bonds. The van der Waals surface area contributed by atoms with E-state index in [0.29, 0.717) is 11.4 Å². The van der Waals surface area contributed by atoms with Gasteiger partial charge in [-0.15, -0.1) is 0 Å². The predicted molar refractivity (Wildman–Crippen MR) is 78.5 cm³/mol. The van der Waals surface area contributed by atoms with Crippen molar-refractivity contribution in [1.29, 1.82) is 0 Å². The molecule has 2 heterocycles. The molecule has 0 unspecified atom stereocenters. The normalized spacial score (nSPS) is 11.8. The molecule has 2 nitrogen and oxygen atoms in total. The number of benzene rings is 1. The second-order valence-corrected chi connectivity index (χ2v) is 5.16. The van der Waals surface area contributed by atoms with Gasteiger partial charge in [0.1, 0.15) is 0 Å². The predicted octanol–water partition coefficient (Wildman–Crippen LogP) is 4.55. The van der Waals surface area contributed by atoms with E-state index in [-0.39, 0.29) is 6.42 Å². The van der Waals surface area contributed by atoms with Gasteiger partial charge in [-0.1, -0.05) is 24.3 Å². The van der Waals surface area contributed by atoms with Crippen molar-refractivity contribution >= 4 is 10.9 Å². The zero-order valence-corrected chi connectivity index (χ0v) is 11.9. The Labute approximate surface area is 125 Å². The molecule has 22 heavy (non-hydrogen) atoms. The Morgan fingerprint density at radius 3 is 2.59 bits per heavy atom. The molecular weight excluding hydrogens is 289 g/mol. The fourth-order valence-electron chi connectivity index (χ4n) is 2.37. The Bertz CT molecular complexity index is 825. The largest absolute Gasteiger partial charge is 0.416 e. The molecule has 0 aliphatic rings. The molecule has 0 spiro atoms. The van der Waals surface area contributed by atoms with Crippen LogP contribution in [0.3, 0.4) is 0 Å². The van der Waals surface area contributed by atoms with Gasteiger partial charge >= 0.3 is 6.18 Å². The van der Waals surface area contributed by atoms with Gasteiger partial charge in [-0.05, 0) is 30.7 Å². The zero-order chi connectivity index (χ0) is 15.7. The van der Waals surface area contributed by atoms with E-state index in [0.717, 1.165) is 28.6 Å². The number of pyridine rings is 2. The van der Waals surface area contributed by atoms with Crippen LogP contribution in [0.15, 0.2) is 48.7 Å². The monoisotopic (exact) mass is 302 g/mol. The summed E-state index contributed by atoms with van der Waals surface area (Å²) in [7, 11) is 0. The summed E-state index contributed by atoms with van der Waals surface area (Å²) in [5, 5.41) is 1.01. The van der Waals surface area contributed by atoms with Gasteiger partial charge in [0.15, 0.2) is 0 Å². The van der Waals surface area contributed by atoms with Crippen molar-refractivity contribution in [2.24, 2.45) is 0 Å². The minimum Gasteiger partial charge on any atom is -0.261 e. The van der Waals surface area contributed by atoms with E-state index in [4.69, 9.17) is 0 Å². The Balaban J connectivity index is 1.95. The van der Waals surface area contributed by atoms with E-state index in [2.05, 4.69) is 9.97 Å². The number of halogens is 3. The molecule has 112 valence electrons. The molecule has 2 aromatic heterocycles. The molecule has 0 aliphatic carbocycles. The number of hydrogen-bond donors (Lipinski definition) is 0. The lowest BCUT2D eigenvalue weighted by Gasteiger charge is -2.08. The second-order valence-electron chi connectivity index (χ2n) is 5.16. The Morgan fingerprint density at radius 2 is 1.82 bits per heavy atom. The highest BCUT2D eigenvalue weighted by atomic mass is 19.4. The van der Waals surface area contributed by atoms with Crippen molar-refractivity contribution in [2.45, 2.75) is 19.5 Å². The van der Waals surface area contributed by atoms with Crippen LogP contribution in [-0.2, 0) is 12.6 Å². The summed E-state index contributed by atoms with van der Waals surface area (Å²) in [5.74, 6) is 0. The van der Waals surface area contributed by atoms with Gasteiger partial charge in [-0.3, -0.25) is 9.97 Å². The number of hydrogen-bond acceptors (Lipinski definition) is 2. The average Bonchev–Trinajstić information content (AvgIpc) is 2.48. The molecule has 0 aliphatic heterocycles. The third-order valence-electron chi connectivity index (χ3n) is 3.49. The lowest BCUT2D eigenvalue weighted by Crippen LogP contribution is -2.06. The standard InChI is InChI=1S/C17H13F3N2/c1-11-3-2-4-12-5-6-14(22-16(11)12)10-15-9-13(7-8-21-15)17(18,19)20/h2-9H,10H2,1H3. The molecule has 0 N–H and O–H groups in total. The molecular formula is C17H13F3N2. The van der Waals surface area contributed by atoms with Gasteiger partial charge < -0.3 is 0 Å². The van der Waals surface area contributed by atoms with Gasteiger partial charge in [0.2, 0.25) is 0 Å². The van der Waals surface area contributed by atoms with Gasteiger partial charge in [-0.25, -0.2) is 0 Å². The Morgan fingerprint density at radius 1 is 1.00 bits per heavy atom. The first-order valence-corrected chi connectivity index (χ1v) is 6.81. The number of aromatic nitrogens is 2. The minimum absolute atomic E-state index is 0.272. The molecule has 3 rings (SSSR count). The van der Waals surface area contributed by atoms with E-state index < -0.39 is 11.7 Å². The highest BCUT2D eigenvalue weighted by Crippen LogP contribution is 2.29. The van der Waals surface area contributed by atoms with Crippen LogP contribution in [0, 0.1) is 6.92 Å². The van der Waals surface area contributed by atoms with Gasteiger partial charge in [-0.2, -0.15) is 13.2 Å². The van der Waals surface area contributed by atoms with Crippen LogP contribution in [-0.4, -0.2) is 9.97 Å². The van der Waals surface area contributed by atoms with Crippen LogP contribution in [0.2, 0.25) is 0 Å². The summed E-state index contributed by atoms with van der Waals surface area (Å²) in [5.41, 5.74) is 2.28. The summed E-state index contributed by atoms with van der Waals surface area (Å²) < 4.78 is 38.2. The molecule has 0 radical (unpaired) electrons. The third kappa shape index (κ3) is 2.93. The van der Waals surface area contributed by atoms with Crippen LogP contribution in [0.25, 0.3) is 10.9 Å². The number of para-hydroxylation sites is 1. The van der Waals surface area contributed by atoms with Crippen molar-refractivity contribution in [3.05, 3.63) is 71.2 Å². The highest BCUT2D eigenvalue weighted by molar-refractivity contribution is 5.81. The van der Waals surface area contributed by atoms with E-state index in [1.165, 1.54) is 6.20 Å². The Hall–Kier alpha value is -2.43. The summed E-state index contributed by atoms with van der Waals surface area (Å²) in [6.45, 7) is 1.96. The molecule has 0 saturated carbocycles. The summed E-state index contributed by atoms with van der Waals surface area (Å²) >= 11 is 0. The molecule has 1 aromatic carbocycles. The minimum atomic E-state index is -4.36. The molecule has 5 heteroatoms. The van der Waals surface area contributed by atoms with E-state index in [1.807, 2.05) is 37.3 Å². The van der Waals surface area contributed by atoms with E-state index in [9.17, 15) is 13.2 Å². The molecule has 0 atom stereocenters. The number of rotatable bonds is 2. The van der Waals surface area contributed by atoms with Crippen molar-refractivity contribution in [2.75, 3.05) is 0 Å². The lowest BCUT2D eigenvalue weighted by atomic mass is 10.1. The van der Waals surface area contributed by atoms with Crippen LogP contribution < -0.4 is 0 Å². The SMILES string of the molecule is Cc1cccc2ccc(Cc3cc(C(F)(F)F)ccn3)nc12. The van der Waals surface area contributed by atoms with Gasteiger partial charge in [0.25, 0.3) is 0 Å². The molecule has 0 bridgehead atoms. The number of fused-ring (bicyclic) bond motifs is 1. The lowest BCUT2D eigenvalue weighted by molar-refractivity contribution is -0.137. The van der Waals surface area contributed by atoms with Crippen LogP contribution in [0.1, 0.15) is 22.5 Å². The van der Waals surface area contributed by atoms with Crippen molar-refractivity contribution in [3.8, 4) is 0 Å². The fourth-order valence-corrected chi connectivity index (χ4v) is 2.37. The smallest absolute Gasteiger partial charge is 0.261 e. The zero-order valence-electron chi connectivity index (χ0n) is 11.9. The number of alkyl halides is 3. The maximum absolute atomic E-state index is 12.7.